The number of para-hydroxylation sites is 4. The van der Waals surface area contributed by atoms with E-state index in [0.29, 0.717) is 0 Å². The molecule has 4 aromatic carbocycles. The van der Waals surface area contributed by atoms with Gasteiger partial charge in [0.15, 0.2) is 5.82 Å². The van der Waals surface area contributed by atoms with E-state index in [0.717, 1.165) is 37.5 Å². The lowest BCUT2D eigenvalue weighted by molar-refractivity contribution is 1.11. The van der Waals surface area contributed by atoms with Gasteiger partial charge in [0.2, 0.25) is 0 Å². The van der Waals surface area contributed by atoms with Crippen LogP contribution >= 0.6 is 11.3 Å². The zero-order valence-corrected chi connectivity index (χ0v) is 21.6. The van der Waals surface area contributed by atoms with Crippen molar-refractivity contribution in [2.24, 2.45) is 0 Å². The van der Waals surface area contributed by atoms with Gasteiger partial charge in [0.05, 0.1) is 38.7 Å². The van der Waals surface area contributed by atoms with Crippen LogP contribution in [0.2, 0.25) is 0 Å². The summed E-state index contributed by atoms with van der Waals surface area (Å²) in [6.07, 6.45) is 3.94. The van der Waals surface area contributed by atoms with E-state index in [2.05, 4.69) is 118 Å². The van der Waals surface area contributed by atoms with Crippen LogP contribution in [0.1, 0.15) is 0 Å². The number of thiophene rings is 1. The van der Waals surface area contributed by atoms with E-state index in [4.69, 9.17) is 9.97 Å². The highest BCUT2D eigenvalue weighted by Gasteiger charge is 2.19. The van der Waals surface area contributed by atoms with Crippen molar-refractivity contribution in [2.45, 2.75) is 0 Å². The van der Waals surface area contributed by atoms with Gasteiger partial charge >= 0.3 is 0 Å². The molecule has 0 amide bonds. The number of benzene rings is 4. The van der Waals surface area contributed by atoms with Crippen LogP contribution < -0.4 is 0 Å². The van der Waals surface area contributed by atoms with E-state index in [1.165, 1.54) is 38.0 Å². The van der Waals surface area contributed by atoms with Crippen LogP contribution in [-0.4, -0.2) is 19.1 Å². The molecule has 182 valence electrons. The van der Waals surface area contributed by atoms with Crippen LogP contribution in [-0.2, 0) is 0 Å². The van der Waals surface area contributed by atoms with E-state index >= 15 is 0 Å². The zero-order valence-electron chi connectivity index (χ0n) is 20.7. The molecule has 0 bridgehead atoms. The van der Waals surface area contributed by atoms with Gasteiger partial charge in [-0.1, -0.05) is 72.8 Å². The van der Waals surface area contributed by atoms with Gasteiger partial charge in [-0.3, -0.25) is 4.57 Å². The van der Waals surface area contributed by atoms with Crippen molar-refractivity contribution < 1.29 is 0 Å². The number of hydrogen-bond acceptors (Lipinski definition) is 3. The Hall–Kier alpha value is -5.00. The van der Waals surface area contributed by atoms with Gasteiger partial charge < -0.3 is 4.57 Å². The van der Waals surface area contributed by atoms with E-state index in [1.807, 2.05) is 12.4 Å². The third-order valence-corrected chi connectivity index (χ3v) is 8.97. The standard InChI is InChI=1S/C34H20N4S/c1-5-13-28-22(9-1)23-10-2-6-14-29(23)37(28)21-19-27-26-17-18-35-33(32(26)39-34(27)36-20-21)38-30-15-7-3-11-24(30)25-12-4-8-16-31(25)38/h1-20H. The lowest BCUT2D eigenvalue weighted by atomic mass is 10.2. The fourth-order valence-electron chi connectivity index (χ4n) is 6.20. The van der Waals surface area contributed by atoms with Crippen LogP contribution in [0.5, 0.6) is 0 Å². The largest absolute Gasteiger partial charge is 0.308 e. The normalized spacial score (nSPS) is 12.1. The van der Waals surface area contributed by atoms with Crippen molar-refractivity contribution in [1.29, 1.82) is 0 Å². The summed E-state index contributed by atoms with van der Waals surface area (Å²) < 4.78 is 5.78. The first-order valence-corrected chi connectivity index (χ1v) is 13.8. The Kier molecular flexibility index (Phi) is 4.18. The maximum Gasteiger partial charge on any atom is 0.155 e. The van der Waals surface area contributed by atoms with Gasteiger partial charge in [-0.25, -0.2) is 9.97 Å². The third kappa shape index (κ3) is 2.82. The Labute approximate surface area is 227 Å². The topological polar surface area (TPSA) is 35.6 Å². The van der Waals surface area contributed by atoms with Gasteiger partial charge in [0.1, 0.15) is 4.83 Å². The van der Waals surface area contributed by atoms with Crippen LogP contribution in [0.4, 0.5) is 0 Å². The highest BCUT2D eigenvalue weighted by molar-refractivity contribution is 7.25. The van der Waals surface area contributed by atoms with E-state index in [-0.39, 0.29) is 0 Å². The number of pyridine rings is 2. The summed E-state index contributed by atoms with van der Waals surface area (Å²) in [4.78, 5) is 11.0. The summed E-state index contributed by atoms with van der Waals surface area (Å²) in [5, 5.41) is 7.30. The smallest absolute Gasteiger partial charge is 0.155 e. The van der Waals surface area contributed by atoms with Crippen molar-refractivity contribution in [3.63, 3.8) is 0 Å². The maximum absolute atomic E-state index is 5.00. The predicted octanol–water partition coefficient (Wildman–Crippen LogP) is 9.04. The molecule has 4 nitrogen and oxygen atoms in total. The number of hydrogen-bond donors (Lipinski definition) is 0. The molecule has 0 spiro atoms. The molecule has 0 aliphatic carbocycles. The Balaban J connectivity index is 1.34. The minimum atomic E-state index is 0.950. The maximum atomic E-state index is 5.00. The first kappa shape index (κ1) is 21.0. The molecule has 0 unspecified atom stereocenters. The Morgan fingerprint density at radius 1 is 0.487 bits per heavy atom. The second-order valence-corrected chi connectivity index (χ2v) is 10.9. The zero-order chi connectivity index (χ0) is 25.5. The molecule has 0 radical (unpaired) electrons. The minimum Gasteiger partial charge on any atom is -0.308 e. The van der Waals surface area contributed by atoms with E-state index < -0.39 is 0 Å². The molecule has 0 aliphatic rings. The quantitative estimate of drug-likeness (QED) is 0.230. The Morgan fingerprint density at radius 3 is 1.56 bits per heavy atom. The predicted molar refractivity (Wildman–Crippen MR) is 164 cm³/mol. The highest BCUT2D eigenvalue weighted by atomic mass is 32.1. The summed E-state index contributed by atoms with van der Waals surface area (Å²) >= 11 is 1.71. The molecule has 0 N–H and O–H groups in total. The molecule has 5 aromatic heterocycles. The molecular weight excluding hydrogens is 496 g/mol. The summed E-state index contributed by atoms with van der Waals surface area (Å²) in [6.45, 7) is 0. The van der Waals surface area contributed by atoms with Crippen molar-refractivity contribution in [3.05, 3.63) is 122 Å². The molecule has 0 aliphatic heterocycles. The average molecular weight is 517 g/mol. The van der Waals surface area contributed by atoms with Crippen LogP contribution in [0.25, 0.3) is 75.4 Å². The number of rotatable bonds is 2. The molecule has 5 heterocycles. The second-order valence-electron chi connectivity index (χ2n) is 9.90. The molecule has 0 fully saturated rings. The summed E-state index contributed by atoms with van der Waals surface area (Å²) in [6, 6.07) is 38.8. The number of nitrogens with zero attached hydrogens (tertiary/aromatic N) is 4. The van der Waals surface area contributed by atoms with Gasteiger partial charge in [-0.05, 0) is 36.4 Å². The molecule has 0 saturated carbocycles. The fraction of sp³-hybridized carbons (Fsp3) is 0. The SMILES string of the molecule is c1ccc2c(c1)c1ccccc1n2-c1cnc2sc3c(-n4c5ccccc5c5ccccc54)nccc3c2c1. The molecular formula is C34H20N4S. The Bertz CT molecular complexity index is 2300. The first-order chi connectivity index (χ1) is 19.4. The van der Waals surface area contributed by atoms with Gasteiger partial charge in [0.25, 0.3) is 0 Å². The van der Waals surface area contributed by atoms with Gasteiger partial charge in [-0.15, -0.1) is 11.3 Å². The monoisotopic (exact) mass is 516 g/mol. The molecule has 9 aromatic rings. The summed E-state index contributed by atoms with van der Waals surface area (Å²) in [5.41, 5.74) is 5.76. The molecule has 0 saturated heterocycles. The first-order valence-electron chi connectivity index (χ1n) is 13.0. The number of aromatic nitrogens is 4. The fourth-order valence-corrected chi connectivity index (χ4v) is 7.30. The Morgan fingerprint density at radius 2 is 1.00 bits per heavy atom. The van der Waals surface area contributed by atoms with Crippen LogP contribution in [0.3, 0.4) is 0 Å². The van der Waals surface area contributed by atoms with E-state index in [1.54, 1.807) is 11.3 Å². The molecule has 5 heteroatoms. The summed E-state index contributed by atoms with van der Waals surface area (Å²) in [7, 11) is 0. The van der Waals surface area contributed by atoms with Crippen LogP contribution in [0.15, 0.2) is 122 Å². The lowest BCUT2D eigenvalue weighted by Gasteiger charge is -2.08. The molecule has 0 atom stereocenters. The van der Waals surface area contributed by atoms with E-state index in [9.17, 15) is 0 Å². The van der Waals surface area contributed by atoms with Crippen LogP contribution in [0, 0.1) is 0 Å². The molecule has 39 heavy (non-hydrogen) atoms. The average Bonchev–Trinajstić information content (AvgIpc) is 3.65. The molecule has 9 rings (SSSR count). The van der Waals surface area contributed by atoms with Crippen molar-refractivity contribution in [1.82, 2.24) is 19.1 Å². The number of fused-ring (bicyclic) bond motifs is 9. The van der Waals surface area contributed by atoms with Crippen molar-refractivity contribution >= 4 is 75.3 Å². The van der Waals surface area contributed by atoms with Crippen molar-refractivity contribution in [2.75, 3.05) is 0 Å². The third-order valence-electron chi connectivity index (χ3n) is 7.84. The minimum absolute atomic E-state index is 0.950. The lowest BCUT2D eigenvalue weighted by Crippen LogP contribution is -1.97. The van der Waals surface area contributed by atoms with Gasteiger partial charge in [-0.2, -0.15) is 0 Å². The van der Waals surface area contributed by atoms with Gasteiger partial charge in [0, 0.05) is 38.5 Å². The highest BCUT2D eigenvalue weighted by Crippen LogP contribution is 2.40. The van der Waals surface area contributed by atoms with Crippen molar-refractivity contribution in [3.8, 4) is 11.5 Å². The summed E-state index contributed by atoms with van der Waals surface area (Å²) in [5.74, 6) is 0.950. The second kappa shape index (κ2) is 7.76.